The van der Waals surface area contributed by atoms with Gasteiger partial charge in [0.1, 0.15) is 6.33 Å². The van der Waals surface area contributed by atoms with Crippen molar-refractivity contribution in [3.8, 4) is 0 Å². The highest BCUT2D eigenvalue weighted by Gasteiger charge is 2.43. The lowest BCUT2D eigenvalue weighted by Gasteiger charge is -2.35. The first-order valence-electron chi connectivity index (χ1n) is 6.54. The van der Waals surface area contributed by atoms with Crippen LogP contribution >= 0.6 is 0 Å². The van der Waals surface area contributed by atoms with Gasteiger partial charge in [0.15, 0.2) is 0 Å². The zero-order chi connectivity index (χ0) is 12.7. The van der Waals surface area contributed by atoms with E-state index in [4.69, 9.17) is 0 Å². The number of nitrogens with zero attached hydrogens (tertiary/aromatic N) is 3. The van der Waals surface area contributed by atoms with Crippen LogP contribution in [0, 0.1) is 0 Å². The number of urea groups is 1. The van der Waals surface area contributed by atoms with Crippen molar-refractivity contribution in [1.29, 1.82) is 0 Å². The summed E-state index contributed by atoms with van der Waals surface area (Å²) in [6, 6.07) is 0.687. The lowest BCUT2D eigenvalue weighted by molar-refractivity contribution is 0.162. The highest BCUT2D eigenvalue weighted by Crippen LogP contribution is 2.42. The third-order valence-electron chi connectivity index (χ3n) is 3.76. The number of fused-ring (bicyclic) bond motifs is 4. The molecule has 0 radical (unpaired) electrons. The lowest BCUT2D eigenvalue weighted by Crippen LogP contribution is -2.49. The van der Waals surface area contributed by atoms with Crippen molar-refractivity contribution in [3.63, 3.8) is 0 Å². The van der Waals surface area contributed by atoms with Crippen LogP contribution in [0.15, 0.2) is 12.5 Å². The Morgan fingerprint density at radius 3 is 3.11 bits per heavy atom. The minimum atomic E-state index is 0.0482. The Labute approximate surface area is 107 Å². The molecule has 3 rings (SSSR count). The summed E-state index contributed by atoms with van der Waals surface area (Å²) < 4.78 is 0. The van der Waals surface area contributed by atoms with Crippen LogP contribution in [0.3, 0.4) is 0 Å². The van der Waals surface area contributed by atoms with Gasteiger partial charge in [-0.05, 0) is 26.7 Å². The van der Waals surface area contributed by atoms with Gasteiger partial charge in [0.25, 0.3) is 0 Å². The molecule has 0 spiro atoms. The molecule has 2 atom stereocenters. The Morgan fingerprint density at radius 1 is 1.50 bits per heavy atom. The number of hydrogen-bond donors (Lipinski definition) is 1. The molecule has 2 aliphatic heterocycles. The third-order valence-corrected chi connectivity index (χ3v) is 3.76. The first-order chi connectivity index (χ1) is 8.66. The van der Waals surface area contributed by atoms with Crippen molar-refractivity contribution >= 4 is 6.03 Å². The molecule has 1 aromatic heterocycles. The molecule has 0 aliphatic carbocycles. The Hall–Kier alpha value is -1.65. The fraction of sp³-hybridized carbons (Fsp3) is 0.615. The average molecular weight is 246 g/mol. The van der Waals surface area contributed by atoms with Crippen molar-refractivity contribution in [3.05, 3.63) is 23.8 Å². The molecule has 1 aromatic rings. The summed E-state index contributed by atoms with van der Waals surface area (Å²) in [6.45, 7) is 3.97. The second-order valence-corrected chi connectivity index (χ2v) is 5.39. The summed E-state index contributed by atoms with van der Waals surface area (Å²) in [6.07, 6.45) is 6.41. The van der Waals surface area contributed by atoms with E-state index in [1.54, 1.807) is 6.33 Å². The second-order valence-electron chi connectivity index (χ2n) is 5.39. The van der Waals surface area contributed by atoms with Gasteiger partial charge in [0.2, 0.25) is 0 Å². The standard InChI is InChI=1S/C13H18N4O/c1-8(2)16-13(18)17-9-3-4-12(17)10-6-14-7-15-11(10)5-9/h6-9,12H,3-5H2,1-2H3,(H,16,18)/t9-,12+/m0/s1. The van der Waals surface area contributed by atoms with Crippen molar-refractivity contribution in [2.45, 2.75) is 51.2 Å². The topological polar surface area (TPSA) is 58.1 Å². The molecule has 5 nitrogen and oxygen atoms in total. The number of aromatic nitrogens is 2. The monoisotopic (exact) mass is 246 g/mol. The predicted molar refractivity (Wildman–Crippen MR) is 67.0 cm³/mol. The van der Waals surface area contributed by atoms with E-state index in [9.17, 15) is 4.79 Å². The molecule has 1 N–H and O–H groups in total. The molecule has 0 unspecified atom stereocenters. The largest absolute Gasteiger partial charge is 0.336 e. The van der Waals surface area contributed by atoms with Gasteiger partial charge in [0, 0.05) is 30.3 Å². The van der Waals surface area contributed by atoms with Gasteiger partial charge in [-0.2, -0.15) is 0 Å². The van der Waals surface area contributed by atoms with E-state index in [-0.39, 0.29) is 18.1 Å². The Bertz CT molecular complexity index is 474. The minimum Gasteiger partial charge on any atom is -0.336 e. The van der Waals surface area contributed by atoms with Gasteiger partial charge in [0.05, 0.1) is 11.7 Å². The smallest absolute Gasteiger partial charge is 0.318 e. The number of rotatable bonds is 1. The molecule has 2 amide bonds. The Balaban J connectivity index is 1.90. The first kappa shape index (κ1) is 11.4. The van der Waals surface area contributed by atoms with Crippen molar-refractivity contribution in [2.75, 3.05) is 0 Å². The molecule has 0 aromatic carbocycles. The normalized spacial score (nSPS) is 25.2. The Morgan fingerprint density at radius 2 is 2.33 bits per heavy atom. The molecule has 0 saturated carbocycles. The van der Waals surface area contributed by atoms with Crippen LogP contribution in [0.5, 0.6) is 0 Å². The van der Waals surface area contributed by atoms with E-state index in [0.717, 1.165) is 30.5 Å². The number of carbonyl (C=O) groups excluding carboxylic acids is 1. The number of nitrogens with one attached hydrogen (secondary N) is 1. The summed E-state index contributed by atoms with van der Waals surface area (Å²) in [4.78, 5) is 22.7. The lowest BCUT2D eigenvalue weighted by atomic mass is 10.00. The summed E-state index contributed by atoms with van der Waals surface area (Å²) in [7, 11) is 0. The fourth-order valence-corrected chi connectivity index (χ4v) is 3.06. The van der Waals surface area contributed by atoms with Crippen LogP contribution in [0.2, 0.25) is 0 Å². The number of amides is 2. The molecule has 1 saturated heterocycles. The quantitative estimate of drug-likeness (QED) is 0.819. The molecular formula is C13H18N4O. The highest BCUT2D eigenvalue weighted by atomic mass is 16.2. The van der Waals surface area contributed by atoms with Gasteiger partial charge in [-0.1, -0.05) is 0 Å². The van der Waals surface area contributed by atoms with E-state index < -0.39 is 0 Å². The molecule has 2 aliphatic rings. The Kier molecular flexibility index (Phi) is 2.69. The van der Waals surface area contributed by atoms with Crippen LogP contribution < -0.4 is 5.32 Å². The molecule has 3 heterocycles. The predicted octanol–water partition coefficient (Wildman–Crippen LogP) is 1.66. The second kappa shape index (κ2) is 4.23. The molecular weight excluding hydrogens is 228 g/mol. The molecule has 96 valence electrons. The first-order valence-corrected chi connectivity index (χ1v) is 6.54. The van der Waals surface area contributed by atoms with Crippen LogP contribution in [-0.4, -0.2) is 33.0 Å². The summed E-state index contributed by atoms with van der Waals surface area (Å²) >= 11 is 0. The van der Waals surface area contributed by atoms with E-state index in [2.05, 4.69) is 15.3 Å². The van der Waals surface area contributed by atoms with Gasteiger partial charge in [-0.25, -0.2) is 14.8 Å². The number of carbonyl (C=O) groups is 1. The number of hydrogen-bond acceptors (Lipinski definition) is 3. The van der Waals surface area contributed by atoms with E-state index in [1.807, 2.05) is 24.9 Å². The highest BCUT2D eigenvalue weighted by molar-refractivity contribution is 5.76. The van der Waals surface area contributed by atoms with Crippen molar-refractivity contribution < 1.29 is 4.79 Å². The summed E-state index contributed by atoms with van der Waals surface area (Å²) in [5, 5.41) is 2.99. The third kappa shape index (κ3) is 1.74. The van der Waals surface area contributed by atoms with Crippen LogP contribution in [-0.2, 0) is 6.42 Å². The summed E-state index contributed by atoms with van der Waals surface area (Å²) in [5.41, 5.74) is 2.25. The minimum absolute atomic E-state index is 0.0482. The van der Waals surface area contributed by atoms with E-state index in [1.165, 1.54) is 0 Å². The maximum atomic E-state index is 12.3. The van der Waals surface area contributed by atoms with Gasteiger partial charge < -0.3 is 10.2 Å². The summed E-state index contributed by atoms with van der Waals surface area (Å²) in [5.74, 6) is 0. The van der Waals surface area contributed by atoms with Gasteiger partial charge >= 0.3 is 6.03 Å². The zero-order valence-corrected chi connectivity index (χ0v) is 10.8. The molecule has 18 heavy (non-hydrogen) atoms. The SMILES string of the molecule is CC(C)NC(=O)N1[C@H]2CC[C@@H]1c1cncnc1C2. The van der Waals surface area contributed by atoms with Gasteiger partial charge in [-0.15, -0.1) is 0 Å². The maximum absolute atomic E-state index is 12.3. The molecule has 1 fully saturated rings. The zero-order valence-electron chi connectivity index (χ0n) is 10.8. The fourth-order valence-electron chi connectivity index (χ4n) is 3.06. The van der Waals surface area contributed by atoms with Crippen molar-refractivity contribution in [2.24, 2.45) is 0 Å². The van der Waals surface area contributed by atoms with Crippen LogP contribution in [0.25, 0.3) is 0 Å². The van der Waals surface area contributed by atoms with Gasteiger partial charge in [-0.3, -0.25) is 0 Å². The van der Waals surface area contributed by atoms with E-state index >= 15 is 0 Å². The van der Waals surface area contributed by atoms with E-state index in [0.29, 0.717) is 6.04 Å². The molecule has 5 heteroatoms. The maximum Gasteiger partial charge on any atom is 0.318 e. The molecule has 2 bridgehead atoms. The average Bonchev–Trinajstić information content (AvgIpc) is 2.64. The van der Waals surface area contributed by atoms with Crippen LogP contribution in [0.4, 0.5) is 4.79 Å². The van der Waals surface area contributed by atoms with Crippen LogP contribution in [0.1, 0.15) is 44.0 Å². The van der Waals surface area contributed by atoms with Crippen molar-refractivity contribution in [1.82, 2.24) is 20.2 Å².